The summed E-state index contributed by atoms with van der Waals surface area (Å²) in [6.45, 7) is 0.792. The topological polar surface area (TPSA) is 14.2 Å². The van der Waals surface area contributed by atoms with E-state index in [9.17, 15) is 4.39 Å². The van der Waals surface area contributed by atoms with Gasteiger partial charge in [0.15, 0.2) is 0 Å². The summed E-state index contributed by atoms with van der Waals surface area (Å²) in [5.41, 5.74) is 1.76. The average Bonchev–Trinajstić information content (AvgIpc) is 3.00. The van der Waals surface area contributed by atoms with Crippen LogP contribution in [0.25, 0.3) is 5.69 Å². The number of ether oxygens (including phenoxy) is 1. The molecule has 2 aromatic rings. The van der Waals surface area contributed by atoms with Crippen LogP contribution in [-0.4, -0.2) is 16.9 Å². The number of rotatable bonds is 2. The number of halogens is 1. The molecule has 0 aliphatic carbocycles. The van der Waals surface area contributed by atoms with Crippen molar-refractivity contribution in [1.82, 2.24) is 4.57 Å². The Balaban J connectivity index is 1.92. The van der Waals surface area contributed by atoms with Gasteiger partial charge in [-0.1, -0.05) is 12.1 Å². The van der Waals surface area contributed by atoms with Crippen LogP contribution in [0.15, 0.2) is 42.7 Å². The quantitative estimate of drug-likeness (QED) is 0.810. The number of thioether (sulfide) groups is 1. The first-order chi connectivity index (χ1) is 8.34. The molecular formula is C13H12FNOS. The lowest BCUT2D eigenvalue weighted by Gasteiger charge is -2.06. The van der Waals surface area contributed by atoms with E-state index in [4.69, 9.17) is 4.74 Å². The third-order valence-corrected chi connectivity index (χ3v) is 3.85. The Morgan fingerprint density at radius 3 is 2.94 bits per heavy atom. The normalized spacial score (nSPS) is 19.7. The maximum Gasteiger partial charge on any atom is 0.147 e. The zero-order valence-corrected chi connectivity index (χ0v) is 9.99. The van der Waals surface area contributed by atoms with Gasteiger partial charge in [0, 0.05) is 23.7 Å². The molecule has 0 unspecified atom stereocenters. The molecule has 0 bridgehead atoms. The van der Waals surface area contributed by atoms with Crippen LogP contribution in [0, 0.1) is 5.82 Å². The summed E-state index contributed by atoms with van der Waals surface area (Å²) in [6, 6.07) is 8.74. The van der Waals surface area contributed by atoms with Gasteiger partial charge in [-0.25, -0.2) is 4.39 Å². The minimum Gasteiger partial charge on any atom is -0.362 e. The summed E-state index contributed by atoms with van der Waals surface area (Å²) in [5.74, 6) is 0.810. The number of aromatic nitrogens is 1. The number of para-hydroxylation sites is 1. The highest BCUT2D eigenvalue weighted by Crippen LogP contribution is 2.35. The van der Waals surface area contributed by atoms with Gasteiger partial charge in [0.05, 0.1) is 12.3 Å². The van der Waals surface area contributed by atoms with E-state index in [1.54, 1.807) is 28.5 Å². The first-order valence-corrected chi connectivity index (χ1v) is 6.55. The Bertz CT molecular complexity index is 520. The Morgan fingerprint density at radius 2 is 2.18 bits per heavy atom. The maximum atomic E-state index is 13.6. The standard InChI is InChI=1S/C13H12FNOS/c14-11-3-1-2-4-12(11)15-6-5-10(9-15)13-16-7-8-17-13/h1-6,9,13H,7-8H2/t13-/m1/s1. The molecule has 0 spiro atoms. The largest absolute Gasteiger partial charge is 0.362 e. The van der Waals surface area contributed by atoms with Crippen LogP contribution in [0.3, 0.4) is 0 Å². The summed E-state index contributed by atoms with van der Waals surface area (Å²) in [7, 11) is 0. The SMILES string of the molecule is Fc1ccccc1-n1ccc([C@@H]2OCCS2)c1. The molecule has 2 heterocycles. The summed E-state index contributed by atoms with van der Waals surface area (Å²) in [5, 5.41) is 0. The van der Waals surface area contributed by atoms with Gasteiger partial charge in [-0.05, 0) is 18.2 Å². The highest BCUT2D eigenvalue weighted by Gasteiger charge is 2.19. The third kappa shape index (κ3) is 2.10. The predicted octanol–water partition coefficient (Wildman–Crippen LogP) is 3.38. The van der Waals surface area contributed by atoms with Crippen LogP contribution >= 0.6 is 11.8 Å². The fraction of sp³-hybridized carbons (Fsp3) is 0.231. The van der Waals surface area contributed by atoms with Crippen molar-refractivity contribution in [1.29, 1.82) is 0 Å². The van der Waals surface area contributed by atoms with E-state index in [2.05, 4.69) is 0 Å². The van der Waals surface area contributed by atoms with Gasteiger partial charge < -0.3 is 9.30 Å². The molecule has 0 radical (unpaired) electrons. The lowest BCUT2D eigenvalue weighted by molar-refractivity contribution is 0.145. The molecule has 1 saturated heterocycles. The van der Waals surface area contributed by atoms with E-state index in [-0.39, 0.29) is 11.3 Å². The minimum atomic E-state index is -0.213. The van der Waals surface area contributed by atoms with Crippen molar-refractivity contribution in [3.05, 3.63) is 54.1 Å². The molecular weight excluding hydrogens is 237 g/mol. The maximum absolute atomic E-state index is 13.6. The van der Waals surface area contributed by atoms with Crippen molar-refractivity contribution in [2.24, 2.45) is 0 Å². The number of hydrogen-bond acceptors (Lipinski definition) is 2. The highest BCUT2D eigenvalue weighted by atomic mass is 32.2. The van der Waals surface area contributed by atoms with Gasteiger partial charge in [-0.3, -0.25) is 0 Å². The van der Waals surface area contributed by atoms with E-state index in [0.717, 1.165) is 17.9 Å². The second kappa shape index (κ2) is 4.55. The van der Waals surface area contributed by atoms with E-state index >= 15 is 0 Å². The lowest BCUT2D eigenvalue weighted by atomic mass is 10.3. The van der Waals surface area contributed by atoms with Crippen molar-refractivity contribution in [3.8, 4) is 5.69 Å². The predicted molar refractivity (Wildman–Crippen MR) is 66.9 cm³/mol. The molecule has 2 nitrogen and oxygen atoms in total. The summed E-state index contributed by atoms with van der Waals surface area (Å²) < 4.78 is 21.0. The zero-order chi connectivity index (χ0) is 11.7. The first kappa shape index (κ1) is 10.9. The van der Waals surface area contributed by atoms with Crippen LogP contribution in [0.1, 0.15) is 11.0 Å². The van der Waals surface area contributed by atoms with Crippen LogP contribution in [0.4, 0.5) is 4.39 Å². The van der Waals surface area contributed by atoms with Crippen molar-refractivity contribution >= 4 is 11.8 Å². The molecule has 0 saturated carbocycles. The van der Waals surface area contributed by atoms with Crippen molar-refractivity contribution < 1.29 is 9.13 Å². The summed E-state index contributed by atoms with van der Waals surface area (Å²) in [6.07, 6.45) is 3.80. The summed E-state index contributed by atoms with van der Waals surface area (Å²) >= 11 is 1.78. The molecule has 1 aromatic heterocycles. The second-order valence-electron chi connectivity index (χ2n) is 3.88. The fourth-order valence-electron chi connectivity index (χ4n) is 1.91. The molecule has 0 N–H and O–H groups in total. The van der Waals surface area contributed by atoms with Gasteiger partial charge in [-0.15, -0.1) is 11.8 Å². The lowest BCUT2D eigenvalue weighted by Crippen LogP contribution is -1.95. The summed E-state index contributed by atoms with van der Waals surface area (Å²) in [4.78, 5) is 0. The molecule has 3 rings (SSSR count). The smallest absolute Gasteiger partial charge is 0.147 e. The van der Waals surface area contributed by atoms with E-state index in [1.165, 1.54) is 6.07 Å². The van der Waals surface area contributed by atoms with Gasteiger partial charge in [0.25, 0.3) is 0 Å². The molecule has 1 fully saturated rings. The van der Waals surface area contributed by atoms with Crippen LogP contribution in [-0.2, 0) is 4.74 Å². The Morgan fingerprint density at radius 1 is 1.29 bits per heavy atom. The zero-order valence-electron chi connectivity index (χ0n) is 9.17. The second-order valence-corrected chi connectivity index (χ2v) is 5.05. The number of hydrogen-bond donors (Lipinski definition) is 0. The van der Waals surface area contributed by atoms with E-state index in [0.29, 0.717) is 5.69 Å². The Kier molecular flexibility index (Phi) is 2.91. The Labute approximate surface area is 103 Å². The van der Waals surface area contributed by atoms with E-state index in [1.807, 2.05) is 24.5 Å². The molecule has 1 aliphatic heterocycles. The molecule has 1 atom stereocenters. The Hall–Kier alpha value is -1.26. The molecule has 4 heteroatoms. The van der Waals surface area contributed by atoms with Crippen LogP contribution in [0.2, 0.25) is 0 Å². The third-order valence-electron chi connectivity index (χ3n) is 2.74. The van der Waals surface area contributed by atoms with Gasteiger partial charge in [0.1, 0.15) is 11.3 Å². The minimum absolute atomic E-state index is 0.100. The van der Waals surface area contributed by atoms with Gasteiger partial charge in [-0.2, -0.15) is 0 Å². The van der Waals surface area contributed by atoms with Crippen molar-refractivity contribution in [3.63, 3.8) is 0 Å². The van der Waals surface area contributed by atoms with Gasteiger partial charge in [0.2, 0.25) is 0 Å². The monoisotopic (exact) mass is 249 g/mol. The molecule has 88 valence electrons. The van der Waals surface area contributed by atoms with Crippen molar-refractivity contribution in [2.45, 2.75) is 5.44 Å². The number of nitrogens with zero attached hydrogens (tertiary/aromatic N) is 1. The average molecular weight is 249 g/mol. The fourth-order valence-corrected chi connectivity index (χ4v) is 2.85. The van der Waals surface area contributed by atoms with Crippen LogP contribution in [0.5, 0.6) is 0 Å². The molecule has 17 heavy (non-hydrogen) atoms. The van der Waals surface area contributed by atoms with Crippen molar-refractivity contribution in [2.75, 3.05) is 12.4 Å². The molecule has 1 aromatic carbocycles. The van der Waals surface area contributed by atoms with E-state index < -0.39 is 0 Å². The molecule has 0 amide bonds. The number of benzene rings is 1. The van der Waals surface area contributed by atoms with Crippen LogP contribution < -0.4 is 0 Å². The molecule has 1 aliphatic rings. The first-order valence-electron chi connectivity index (χ1n) is 5.50. The van der Waals surface area contributed by atoms with Gasteiger partial charge >= 0.3 is 0 Å². The highest BCUT2D eigenvalue weighted by molar-refractivity contribution is 7.99.